The van der Waals surface area contributed by atoms with Crippen LogP contribution >= 0.6 is 0 Å². The van der Waals surface area contributed by atoms with Gasteiger partial charge in [0.1, 0.15) is 5.75 Å². The van der Waals surface area contributed by atoms with Crippen LogP contribution in [0, 0.1) is 5.92 Å². The van der Waals surface area contributed by atoms with E-state index in [9.17, 15) is 4.79 Å². The molecule has 2 aromatic rings. The summed E-state index contributed by atoms with van der Waals surface area (Å²) in [6, 6.07) is 7.53. The minimum atomic E-state index is 0.156. The first kappa shape index (κ1) is 12.7. The van der Waals surface area contributed by atoms with Crippen molar-refractivity contribution in [2.75, 3.05) is 12.4 Å². The number of nitrogens with one attached hydrogen (secondary N) is 2. The van der Waals surface area contributed by atoms with E-state index in [0.717, 1.165) is 23.6 Å². The summed E-state index contributed by atoms with van der Waals surface area (Å²) in [6.07, 6.45) is 1.46. The molecule has 0 saturated carbocycles. The fourth-order valence-electron chi connectivity index (χ4n) is 2.57. The third-order valence-electron chi connectivity index (χ3n) is 3.56. The zero-order valence-electron chi connectivity index (χ0n) is 11.6. The predicted molar refractivity (Wildman–Crippen MR) is 76.7 cm³/mol. The number of anilines is 2. The predicted octanol–water partition coefficient (Wildman–Crippen LogP) is 2.93. The van der Waals surface area contributed by atoms with Gasteiger partial charge in [-0.05, 0) is 36.6 Å². The highest BCUT2D eigenvalue weighted by molar-refractivity contribution is 6.03. The van der Waals surface area contributed by atoms with Gasteiger partial charge in [-0.1, -0.05) is 6.92 Å². The van der Waals surface area contributed by atoms with Crippen molar-refractivity contribution in [1.82, 2.24) is 10.2 Å². The fourth-order valence-corrected chi connectivity index (χ4v) is 2.57. The average molecular weight is 271 g/mol. The van der Waals surface area contributed by atoms with Gasteiger partial charge in [0, 0.05) is 17.8 Å². The number of carbonyl (C=O) groups is 1. The molecule has 0 radical (unpaired) electrons. The molecular weight excluding hydrogens is 254 g/mol. The Balaban J connectivity index is 1.86. The molecule has 5 nitrogen and oxygen atoms in total. The van der Waals surface area contributed by atoms with Crippen LogP contribution in [-0.4, -0.2) is 23.1 Å². The van der Waals surface area contributed by atoms with E-state index in [1.165, 1.54) is 0 Å². The van der Waals surface area contributed by atoms with Gasteiger partial charge in [0.25, 0.3) is 0 Å². The Labute approximate surface area is 117 Å². The van der Waals surface area contributed by atoms with Crippen LogP contribution in [0.5, 0.6) is 5.75 Å². The van der Waals surface area contributed by atoms with Crippen LogP contribution in [-0.2, 0) is 6.42 Å². The van der Waals surface area contributed by atoms with Crippen molar-refractivity contribution in [3.8, 4) is 5.75 Å². The molecule has 3 rings (SSSR count). The van der Waals surface area contributed by atoms with E-state index in [1.807, 2.05) is 24.3 Å². The van der Waals surface area contributed by atoms with Gasteiger partial charge in [-0.15, -0.1) is 0 Å². The number of hydrogen-bond acceptors (Lipinski definition) is 4. The lowest BCUT2D eigenvalue weighted by molar-refractivity contribution is 0.0954. The number of fused-ring (bicyclic) bond motifs is 1. The number of Topliss-reactive ketones (excluding diaryl/α,β-unsaturated/α-hetero) is 1. The highest BCUT2D eigenvalue weighted by Gasteiger charge is 2.27. The first-order chi connectivity index (χ1) is 9.67. The maximum Gasteiger partial charge on any atom is 0.168 e. The van der Waals surface area contributed by atoms with Gasteiger partial charge in [0.2, 0.25) is 0 Å². The number of hydrogen-bond donors (Lipinski definition) is 2. The maximum absolute atomic E-state index is 12.1. The monoisotopic (exact) mass is 271 g/mol. The summed E-state index contributed by atoms with van der Waals surface area (Å²) < 4.78 is 5.12. The zero-order valence-corrected chi connectivity index (χ0v) is 11.6. The summed E-state index contributed by atoms with van der Waals surface area (Å²) in [5.74, 6) is 1.94. The number of ether oxygens (including phenoxy) is 1. The largest absolute Gasteiger partial charge is 0.497 e. The Hall–Kier alpha value is -2.30. The molecule has 0 amide bonds. The van der Waals surface area contributed by atoms with Crippen molar-refractivity contribution >= 4 is 17.3 Å². The third-order valence-corrected chi connectivity index (χ3v) is 3.56. The van der Waals surface area contributed by atoms with Crippen molar-refractivity contribution in [3.05, 3.63) is 35.5 Å². The molecule has 1 atom stereocenters. The summed E-state index contributed by atoms with van der Waals surface area (Å²) >= 11 is 0. The van der Waals surface area contributed by atoms with Gasteiger partial charge in [-0.25, -0.2) is 0 Å². The minimum absolute atomic E-state index is 0.156. The summed E-state index contributed by atoms with van der Waals surface area (Å²) in [7, 11) is 1.63. The number of aromatic nitrogens is 2. The fraction of sp³-hybridized carbons (Fsp3) is 0.333. The maximum atomic E-state index is 12.1. The van der Waals surface area contributed by atoms with Crippen LogP contribution in [0.3, 0.4) is 0 Å². The standard InChI is InChI=1S/C15H17N3O2/c1-9-7-12-14(13(19)8-9)15(18-17-12)16-10-3-5-11(20-2)6-4-10/h3-6,9H,7-8H2,1-2H3,(H2,16,17,18). The molecule has 5 heteroatoms. The normalized spacial score (nSPS) is 17.7. The van der Waals surface area contributed by atoms with E-state index in [4.69, 9.17) is 4.74 Å². The number of carbonyl (C=O) groups excluding carboxylic acids is 1. The SMILES string of the molecule is COc1ccc(Nc2n[nH]c3c2C(=O)CC(C)C3)cc1. The van der Waals surface area contributed by atoms with E-state index in [2.05, 4.69) is 22.4 Å². The van der Waals surface area contributed by atoms with Crippen LogP contribution in [0.1, 0.15) is 29.4 Å². The molecule has 104 valence electrons. The van der Waals surface area contributed by atoms with Crippen LogP contribution in [0.4, 0.5) is 11.5 Å². The molecule has 20 heavy (non-hydrogen) atoms. The molecular formula is C15H17N3O2. The number of H-pyrrole nitrogens is 1. The third kappa shape index (κ3) is 2.27. The molecule has 1 aromatic heterocycles. The second-order valence-corrected chi connectivity index (χ2v) is 5.22. The summed E-state index contributed by atoms with van der Waals surface area (Å²) in [5, 5.41) is 10.4. The highest BCUT2D eigenvalue weighted by Crippen LogP contribution is 2.30. The van der Waals surface area contributed by atoms with E-state index < -0.39 is 0 Å². The summed E-state index contributed by atoms with van der Waals surface area (Å²) in [4.78, 5) is 12.1. The quantitative estimate of drug-likeness (QED) is 0.900. The van der Waals surface area contributed by atoms with Crippen LogP contribution in [0.15, 0.2) is 24.3 Å². The van der Waals surface area contributed by atoms with Gasteiger partial charge in [-0.2, -0.15) is 5.10 Å². The van der Waals surface area contributed by atoms with Gasteiger partial charge >= 0.3 is 0 Å². The van der Waals surface area contributed by atoms with E-state index in [1.54, 1.807) is 7.11 Å². The Morgan fingerprint density at radius 1 is 1.30 bits per heavy atom. The second kappa shape index (κ2) is 5.00. The van der Waals surface area contributed by atoms with Crippen molar-refractivity contribution in [2.45, 2.75) is 19.8 Å². The summed E-state index contributed by atoms with van der Waals surface area (Å²) in [6.45, 7) is 2.08. The molecule has 0 fully saturated rings. The van der Waals surface area contributed by atoms with Crippen LogP contribution < -0.4 is 10.1 Å². The molecule has 2 N–H and O–H groups in total. The van der Waals surface area contributed by atoms with Gasteiger partial charge < -0.3 is 10.1 Å². The van der Waals surface area contributed by atoms with Gasteiger partial charge in [0.05, 0.1) is 12.7 Å². The number of nitrogens with zero attached hydrogens (tertiary/aromatic N) is 1. The molecule has 0 spiro atoms. The number of benzene rings is 1. The van der Waals surface area contributed by atoms with Gasteiger partial charge in [-0.3, -0.25) is 9.89 Å². The Morgan fingerprint density at radius 2 is 2.05 bits per heavy atom. The smallest absolute Gasteiger partial charge is 0.168 e. The molecule has 1 aromatic carbocycles. The van der Waals surface area contributed by atoms with Crippen molar-refractivity contribution < 1.29 is 9.53 Å². The van der Waals surface area contributed by atoms with Crippen LogP contribution in [0.25, 0.3) is 0 Å². The second-order valence-electron chi connectivity index (χ2n) is 5.22. The molecule has 0 aliphatic heterocycles. The molecule has 1 aliphatic rings. The topological polar surface area (TPSA) is 67.0 Å². The minimum Gasteiger partial charge on any atom is -0.497 e. The zero-order chi connectivity index (χ0) is 14.1. The Kier molecular flexibility index (Phi) is 3.18. The summed E-state index contributed by atoms with van der Waals surface area (Å²) in [5.41, 5.74) is 2.52. The number of ketones is 1. The lowest BCUT2D eigenvalue weighted by atomic mass is 9.88. The number of aromatic amines is 1. The molecule has 0 bridgehead atoms. The molecule has 0 saturated heterocycles. The number of rotatable bonds is 3. The van der Waals surface area contributed by atoms with Gasteiger partial charge in [0.15, 0.2) is 11.6 Å². The van der Waals surface area contributed by atoms with E-state index >= 15 is 0 Å². The van der Waals surface area contributed by atoms with Crippen LogP contribution in [0.2, 0.25) is 0 Å². The van der Waals surface area contributed by atoms with E-state index in [0.29, 0.717) is 23.7 Å². The Morgan fingerprint density at radius 3 is 2.75 bits per heavy atom. The first-order valence-electron chi connectivity index (χ1n) is 6.69. The Bertz CT molecular complexity index is 631. The lowest BCUT2D eigenvalue weighted by Gasteiger charge is -2.17. The molecule has 1 unspecified atom stereocenters. The highest BCUT2D eigenvalue weighted by atomic mass is 16.5. The lowest BCUT2D eigenvalue weighted by Crippen LogP contribution is -2.17. The van der Waals surface area contributed by atoms with Crippen molar-refractivity contribution in [1.29, 1.82) is 0 Å². The number of methoxy groups -OCH3 is 1. The first-order valence-corrected chi connectivity index (χ1v) is 6.69. The average Bonchev–Trinajstić information content (AvgIpc) is 2.82. The molecule has 1 aliphatic carbocycles. The van der Waals surface area contributed by atoms with E-state index in [-0.39, 0.29) is 5.78 Å². The van der Waals surface area contributed by atoms with Crippen molar-refractivity contribution in [3.63, 3.8) is 0 Å². The van der Waals surface area contributed by atoms with Crippen molar-refractivity contribution in [2.24, 2.45) is 5.92 Å². The molecule has 1 heterocycles.